The molecule has 1 aromatic rings. The van der Waals surface area contributed by atoms with Crippen LogP contribution in [0.4, 0.5) is 0 Å². The largest absolute Gasteiger partial charge is 0.339 e. The highest BCUT2D eigenvalue weighted by Gasteiger charge is 2.34. The van der Waals surface area contributed by atoms with Crippen molar-refractivity contribution in [1.82, 2.24) is 4.90 Å². The lowest BCUT2D eigenvalue weighted by Gasteiger charge is -2.26. The lowest BCUT2D eigenvalue weighted by Crippen LogP contribution is -2.37. The molecule has 0 aliphatic carbocycles. The van der Waals surface area contributed by atoms with Gasteiger partial charge in [-0.1, -0.05) is 30.3 Å². The highest BCUT2D eigenvalue weighted by molar-refractivity contribution is 7.91. The van der Waals surface area contributed by atoms with Crippen LogP contribution in [0, 0.1) is 5.92 Å². The first-order valence-corrected chi connectivity index (χ1v) is 9.89. The maximum Gasteiger partial charge on any atom is 0.223 e. The Morgan fingerprint density at radius 2 is 1.95 bits per heavy atom. The van der Waals surface area contributed by atoms with E-state index in [0.29, 0.717) is 12.8 Å². The number of hydrogen-bond donors (Lipinski definition) is 0. The minimum absolute atomic E-state index is 0.0236. The summed E-state index contributed by atoms with van der Waals surface area (Å²) >= 11 is 0. The monoisotopic (exact) mass is 321 g/mol. The summed E-state index contributed by atoms with van der Waals surface area (Å²) in [5.74, 6) is 0.602. The van der Waals surface area contributed by atoms with Crippen LogP contribution in [0.2, 0.25) is 0 Å². The SMILES string of the molecule is O=C(CC1CCS(=O)(=O)C1)N1CCCC1Cc1ccccc1. The van der Waals surface area contributed by atoms with Gasteiger partial charge >= 0.3 is 0 Å². The van der Waals surface area contributed by atoms with E-state index in [-0.39, 0.29) is 29.4 Å². The molecule has 2 aliphatic rings. The van der Waals surface area contributed by atoms with E-state index in [0.717, 1.165) is 25.8 Å². The number of carbonyl (C=O) groups excluding carboxylic acids is 1. The van der Waals surface area contributed by atoms with Crippen LogP contribution in [0.25, 0.3) is 0 Å². The molecule has 2 saturated heterocycles. The maximum absolute atomic E-state index is 12.5. The standard InChI is InChI=1S/C17H23NO3S/c19-17(12-15-8-10-22(20,21)13-15)18-9-4-7-16(18)11-14-5-2-1-3-6-14/h1-3,5-6,15-16H,4,7-13H2. The zero-order valence-electron chi connectivity index (χ0n) is 12.8. The number of hydrogen-bond acceptors (Lipinski definition) is 3. The molecule has 5 heteroatoms. The summed E-state index contributed by atoms with van der Waals surface area (Å²) in [6.45, 7) is 0.815. The Labute approximate surface area is 132 Å². The first kappa shape index (κ1) is 15.5. The molecular formula is C17H23NO3S. The third-order valence-corrected chi connectivity index (χ3v) is 6.64. The van der Waals surface area contributed by atoms with Crippen molar-refractivity contribution in [3.8, 4) is 0 Å². The molecule has 2 unspecified atom stereocenters. The molecule has 0 radical (unpaired) electrons. The first-order valence-electron chi connectivity index (χ1n) is 8.07. The van der Waals surface area contributed by atoms with E-state index in [9.17, 15) is 13.2 Å². The van der Waals surface area contributed by atoms with Crippen molar-refractivity contribution in [3.63, 3.8) is 0 Å². The summed E-state index contributed by atoms with van der Waals surface area (Å²) in [5.41, 5.74) is 1.26. The number of rotatable bonds is 4. The van der Waals surface area contributed by atoms with E-state index in [1.54, 1.807) is 0 Å². The van der Waals surface area contributed by atoms with Crippen LogP contribution in [0.3, 0.4) is 0 Å². The van der Waals surface area contributed by atoms with E-state index in [1.807, 2.05) is 23.1 Å². The van der Waals surface area contributed by atoms with Crippen molar-refractivity contribution >= 4 is 15.7 Å². The van der Waals surface area contributed by atoms with Gasteiger partial charge in [-0.05, 0) is 37.2 Å². The third-order valence-electron chi connectivity index (χ3n) is 4.80. The average molecular weight is 321 g/mol. The molecule has 4 nitrogen and oxygen atoms in total. The van der Waals surface area contributed by atoms with Gasteiger partial charge in [0.2, 0.25) is 5.91 Å². The predicted octanol–water partition coefficient (Wildman–Crippen LogP) is 2.04. The highest BCUT2D eigenvalue weighted by atomic mass is 32.2. The summed E-state index contributed by atoms with van der Waals surface area (Å²) in [5, 5.41) is 0. The lowest BCUT2D eigenvalue weighted by atomic mass is 10.0. The Morgan fingerprint density at radius 1 is 1.18 bits per heavy atom. The molecule has 0 spiro atoms. The average Bonchev–Trinajstić information content (AvgIpc) is 3.06. The quantitative estimate of drug-likeness (QED) is 0.853. The van der Waals surface area contributed by atoms with Gasteiger partial charge in [0.15, 0.2) is 9.84 Å². The second-order valence-electron chi connectivity index (χ2n) is 6.55. The minimum Gasteiger partial charge on any atom is -0.339 e. The van der Waals surface area contributed by atoms with Crippen LogP contribution in [0.1, 0.15) is 31.2 Å². The summed E-state index contributed by atoms with van der Waals surface area (Å²) in [6.07, 6.45) is 4.03. The molecule has 2 heterocycles. The number of likely N-dealkylation sites (tertiary alicyclic amines) is 1. The fraction of sp³-hybridized carbons (Fsp3) is 0.588. The highest BCUT2D eigenvalue weighted by Crippen LogP contribution is 2.26. The zero-order chi connectivity index (χ0) is 15.6. The smallest absolute Gasteiger partial charge is 0.223 e. The van der Waals surface area contributed by atoms with Gasteiger partial charge < -0.3 is 4.90 Å². The Bertz CT molecular complexity index is 627. The van der Waals surface area contributed by atoms with Gasteiger partial charge in [-0.15, -0.1) is 0 Å². The van der Waals surface area contributed by atoms with Gasteiger partial charge in [-0.25, -0.2) is 8.42 Å². The number of carbonyl (C=O) groups is 1. The van der Waals surface area contributed by atoms with Gasteiger partial charge in [0.05, 0.1) is 11.5 Å². The summed E-state index contributed by atoms with van der Waals surface area (Å²) in [6, 6.07) is 10.5. The van der Waals surface area contributed by atoms with Gasteiger partial charge in [0.1, 0.15) is 0 Å². The van der Waals surface area contributed by atoms with Gasteiger partial charge in [-0.2, -0.15) is 0 Å². The molecular weight excluding hydrogens is 298 g/mol. The number of amides is 1. The van der Waals surface area contributed by atoms with Crippen molar-refractivity contribution in [2.45, 2.75) is 38.1 Å². The first-order chi connectivity index (χ1) is 10.5. The second-order valence-corrected chi connectivity index (χ2v) is 8.77. The van der Waals surface area contributed by atoms with E-state index in [2.05, 4.69) is 12.1 Å². The van der Waals surface area contributed by atoms with Crippen molar-refractivity contribution < 1.29 is 13.2 Å². The fourth-order valence-electron chi connectivity index (χ4n) is 3.66. The molecule has 0 saturated carbocycles. The van der Waals surface area contributed by atoms with Crippen LogP contribution < -0.4 is 0 Å². The van der Waals surface area contributed by atoms with Crippen LogP contribution in [0.15, 0.2) is 30.3 Å². The zero-order valence-corrected chi connectivity index (χ0v) is 13.6. The molecule has 3 rings (SSSR count). The summed E-state index contributed by atoms with van der Waals surface area (Å²) < 4.78 is 23.0. The van der Waals surface area contributed by atoms with E-state index in [4.69, 9.17) is 0 Å². The Kier molecular flexibility index (Phi) is 4.52. The van der Waals surface area contributed by atoms with E-state index >= 15 is 0 Å². The van der Waals surface area contributed by atoms with Crippen molar-refractivity contribution in [2.75, 3.05) is 18.1 Å². The second kappa shape index (κ2) is 6.41. The van der Waals surface area contributed by atoms with Crippen molar-refractivity contribution in [2.24, 2.45) is 5.92 Å². The van der Waals surface area contributed by atoms with Gasteiger partial charge in [-0.3, -0.25) is 4.79 Å². The molecule has 0 N–H and O–H groups in total. The molecule has 1 aromatic carbocycles. The number of nitrogens with zero attached hydrogens (tertiary/aromatic N) is 1. The van der Waals surface area contributed by atoms with Crippen LogP contribution in [-0.2, 0) is 21.1 Å². The van der Waals surface area contributed by atoms with Crippen molar-refractivity contribution in [1.29, 1.82) is 0 Å². The third kappa shape index (κ3) is 3.69. The molecule has 2 atom stereocenters. The van der Waals surface area contributed by atoms with Crippen molar-refractivity contribution in [3.05, 3.63) is 35.9 Å². The Balaban J connectivity index is 1.59. The van der Waals surface area contributed by atoms with E-state index < -0.39 is 9.84 Å². The number of sulfone groups is 1. The summed E-state index contributed by atoms with van der Waals surface area (Å²) in [7, 11) is -2.90. The van der Waals surface area contributed by atoms with Crippen LogP contribution in [0.5, 0.6) is 0 Å². The summed E-state index contributed by atoms with van der Waals surface area (Å²) in [4.78, 5) is 14.5. The predicted molar refractivity (Wildman–Crippen MR) is 86.3 cm³/mol. The molecule has 0 aromatic heterocycles. The Morgan fingerprint density at radius 3 is 2.64 bits per heavy atom. The number of benzene rings is 1. The molecule has 22 heavy (non-hydrogen) atoms. The van der Waals surface area contributed by atoms with Gasteiger partial charge in [0.25, 0.3) is 0 Å². The lowest BCUT2D eigenvalue weighted by molar-refractivity contribution is -0.132. The van der Waals surface area contributed by atoms with Crippen LogP contribution in [-0.4, -0.2) is 43.3 Å². The molecule has 1 amide bonds. The molecule has 0 bridgehead atoms. The Hall–Kier alpha value is -1.36. The maximum atomic E-state index is 12.5. The molecule has 2 aliphatic heterocycles. The molecule has 120 valence electrons. The molecule has 2 fully saturated rings. The van der Waals surface area contributed by atoms with E-state index in [1.165, 1.54) is 5.56 Å². The minimum atomic E-state index is -2.90. The van der Waals surface area contributed by atoms with Gasteiger partial charge in [0, 0.05) is 19.0 Å². The van der Waals surface area contributed by atoms with Crippen LogP contribution >= 0.6 is 0 Å². The topological polar surface area (TPSA) is 54.5 Å². The normalized spacial score (nSPS) is 27.2. The fourth-order valence-corrected chi connectivity index (χ4v) is 5.52.